The smallest absolute Gasteiger partial charge is 0.160 e. The molecule has 5 heteroatoms. The number of rotatable bonds is 6. The van der Waals surface area contributed by atoms with Crippen molar-refractivity contribution in [2.75, 3.05) is 26.1 Å². The zero-order valence-electron chi connectivity index (χ0n) is 12.1. The highest BCUT2D eigenvalue weighted by molar-refractivity contribution is 5.55. The van der Waals surface area contributed by atoms with Crippen LogP contribution in [0.5, 0.6) is 11.5 Å². The Balaban J connectivity index is 1.99. The molecule has 0 bridgehead atoms. The van der Waals surface area contributed by atoms with Crippen molar-refractivity contribution < 1.29 is 9.47 Å². The topological polar surface area (TPSA) is 67.2 Å². The van der Waals surface area contributed by atoms with Crippen molar-refractivity contribution in [1.82, 2.24) is 4.98 Å². The first-order valence-corrected chi connectivity index (χ1v) is 6.57. The Labute approximate surface area is 124 Å². The number of nitrogens with one attached hydrogen (secondary N) is 1. The Morgan fingerprint density at radius 3 is 2.71 bits per heavy atom. The van der Waals surface area contributed by atoms with Crippen LogP contribution in [0, 0.1) is 11.3 Å². The van der Waals surface area contributed by atoms with E-state index in [1.54, 1.807) is 32.7 Å². The van der Waals surface area contributed by atoms with Gasteiger partial charge in [0.2, 0.25) is 0 Å². The standard InChI is InChI=1S/C16H17N3O2/c1-20-15-4-3-12(9-16(15)21-2)5-8-19-14-11-18-7-6-13(14)10-17/h3-4,6-7,9,11,19H,5,8H2,1-2H3. The maximum absolute atomic E-state index is 9.01. The van der Waals surface area contributed by atoms with Gasteiger partial charge in [-0.1, -0.05) is 6.07 Å². The number of hydrogen-bond donors (Lipinski definition) is 1. The van der Waals surface area contributed by atoms with Crippen LogP contribution in [0.4, 0.5) is 5.69 Å². The molecule has 0 spiro atoms. The fourth-order valence-electron chi connectivity index (χ4n) is 2.01. The number of benzene rings is 1. The van der Waals surface area contributed by atoms with E-state index in [4.69, 9.17) is 14.7 Å². The van der Waals surface area contributed by atoms with E-state index in [0.717, 1.165) is 17.7 Å². The second-order valence-electron chi connectivity index (χ2n) is 4.40. The summed E-state index contributed by atoms with van der Waals surface area (Å²) in [6.45, 7) is 0.704. The van der Waals surface area contributed by atoms with Gasteiger partial charge in [-0.25, -0.2) is 0 Å². The third-order valence-corrected chi connectivity index (χ3v) is 3.12. The van der Waals surface area contributed by atoms with Gasteiger partial charge in [0.25, 0.3) is 0 Å². The van der Waals surface area contributed by atoms with Crippen LogP contribution in [0.2, 0.25) is 0 Å². The van der Waals surface area contributed by atoms with E-state index in [0.29, 0.717) is 23.6 Å². The van der Waals surface area contributed by atoms with Crippen LogP contribution in [-0.4, -0.2) is 25.7 Å². The van der Waals surface area contributed by atoms with Gasteiger partial charge in [0.1, 0.15) is 6.07 Å². The molecule has 0 saturated carbocycles. The lowest BCUT2D eigenvalue weighted by molar-refractivity contribution is 0.354. The first-order valence-electron chi connectivity index (χ1n) is 6.57. The molecule has 108 valence electrons. The first-order chi connectivity index (χ1) is 10.3. The summed E-state index contributed by atoms with van der Waals surface area (Å²) in [5, 5.41) is 12.2. The van der Waals surface area contributed by atoms with Crippen LogP contribution >= 0.6 is 0 Å². The molecule has 0 aliphatic carbocycles. The first kappa shape index (κ1) is 14.7. The molecule has 1 N–H and O–H groups in total. The number of hydrogen-bond acceptors (Lipinski definition) is 5. The van der Waals surface area contributed by atoms with Crippen molar-refractivity contribution >= 4 is 5.69 Å². The van der Waals surface area contributed by atoms with E-state index in [1.165, 1.54) is 0 Å². The van der Waals surface area contributed by atoms with Crippen LogP contribution in [0.3, 0.4) is 0 Å². The summed E-state index contributed by atoms with van der Waals surface area (Å²) in [6.07, 6.45) is 4.07. The minimum atomic E-state index is 0.595. The molecular weight excluding hydrogens is 266 g/mol. The second-order valence-corrected chi connectivity index (χ2v) is 4.40. The quantitative estimate of drug-likeness (QED) is 0.882. The van der Waals surface area contributed by atoms with Gasteiger partial charge in [0, 0.05) is 12.7 Å². The molecule has 1 aromatic heterocycles. The molecule has 0 saturated heterocycles. The molecule has 0 fully saturated rings. The van der Waals surface area contributed by atoms with Crippen LogP contribution in [-0.2, 0) is 6.42 Å². The Morgan fingerprint density at radius 2 is 2.00 bits per heavy atom. The Kier molecular flexibility index (Phi) is 4.99. The van der Waals surface area contributed by atoms with Gasteiger partial charge in [0.05, 0.1) is 31.7 Å². The van der Waals surface area contributed by atoms with Gasteiger partial charge >= 0.3 is 0 Å². The normalized spacial score (nSPS) is 9.76. The molecule has 0 aliphatic rings. The van der Waals surface area contributed by atoms with Crippen molar-refractivity contribution in [2.24, 2.45) is 0 Å². The Hall–Kier alpha value is -2.74. The molecule has 0 radical (unpaired) electrons. The summed E-state index contributed by atoms with van der Waals surface area (Å²) in [5.41, 5.74) is 2.47. The fraction of sp³-hybridized carbons (Fsp3) is 0.250. The maximum atomic E-state index is 9.01. The van der Waals surface area contributed by atoms with E-state index < -0.39 is 0 Å². The molecule has 2 rings (SSSR count). The van der Waals surface area contributed by atoms with Crippen LogP contribution in [0.1, 0.15) is 11.1 Å². The monoisotopic (exact) mass is 283 g/mol. The lowest BCUT2D eigenvalue weighted by atomic mass is 10.1. The largest absolute Gasteiger partial charge is 0.493 e. The lowest BCUT2D eigenvalue weighted by Gasteiger charge is -2.11. The maximum Gasteiger partial charge on any atom is 0.160 e. The summed E-state index contributed by atoms with van der Waals surface area (Å²) in [7, 11) is 3.24. The molecule has 0 amide bonds. The van der Waals surface area contributed by atoms with Crippen molar-refractivity contribution in [2.45, 2.75) is 6.42 Å². The van der Waals surface area contributed by atoms with Gasteiger partial charge in [-0.3, -0.25) is 4.98 Å². The Morgan fingerprint density at radius 1 is 1.19 bits per heavy atom. The summed E-state index contributed by atoms with van der Waals surface area (Å²) in [6, 6.07) is 9.67. The van der Waals surface area contributed by atoms with E-state index in [1.807, 2.05) is 18.2 Å². The molecule has 1 aromatic carbocycles. The predicted octanol–water partition coefficient (Wildman–Crippen LogP) is 2.63. The number of pyridine rings is 1. The second kappa shape index (κ2) is 7.15. The van der Waals surface area contributed by atoms with Gasteiger partial charge < -0.3 is 14.8 Å². The number of nitrogens with zero attached hydrogens (tertiary/aromatic N) is 2. The van der Waals surface area contributed by atoms with Crippen LogP contribution < -0.4 is 14.8 Å². The van der Waals surface area contributed by atoms with Crippen molar-refractivity contribution in [3.8, 4) is 17.6 Å². The minimum absolute atomic E-state index is 0.595. The van der Waals surface area contributed by atoms with Gasteiger partial charge in [-0.2, -0.15) is 5.26 Å². The van der Waals surface area contributed by atoms with Crippen LogP contribution in [0.25, 0.3) is 0 Å². The summed E-state index contributed by atoms with van der Waals surface area (Å²) in [4.78, 5) is 4.02. The highest BCUT2D eigenvalue weighted by Crippen LogP contribution is 2.27. The van der Waals surface area contributed by atoms with Crippen molar-refractivity contribution in [3.63, 3.8) is 0 Å². The van der Waals surface area contributed by atoms with Crippen molar-refractivity contribution in [3.05, 3.63) is 47.8 Å². The number of nitriles is 1. The van der Waals surface area contributed by atoms with Gasteiger partial charge in [0.15, 0.2) is 11.5 Å². The number of ether oxygens (including phenoxy) is 2. The number of anilines is 1. The van der Waals surface area contributed by atoms with Gasteiger partial charge in [-0.15, -0.1) is 0 Å². The molecule has 2 aromatic rings. The van der Waals surface area contributed by atoms with Crippen LogP contribution in [0.15, 0.2) is 36.7 Å². The summed E-state index contributed by atoms with van der Waals surface area (Å²) < 4.78 is 10.5. The SMILES string of the molecule is COc1ccc(CCNc2cnccc2C#N)cc1OC. The molecule has 1 heterocycles. The number of methoxy groups -OCH3 is 2. The molecule has 0 atom stereocenters. The van der Waals surface area contributed by atoms with E-state index in [2.05, 4.69) is 16.4 Å². The third-order valence-electron chi connectivity index (χ3n) is 3.12. The third kappa shape index (κ3) is 3.63. The van der Waals surface area contributed by atoms with E-state index in [9.17, 15) is 0 Å². The fourth-order valence-corrected chi connectivity index (χ4v) is 2.01. The molecule has 5 nitrogen and oxygen atoms in total. The van der Waals surface area contributed by atoms with E-state index in [-0.39, 0.29) is 0 Å². The lowest BCUT2D eigenvalue weighted by Crippen LogP contribution is -2.06. The predicted molar refractivity (Wildman–Crippen MR) is 80.7 cm³/mol. The highest BCUT2D eigenvalue weighted by Gasteiger charge is 2.05. The summed E-state index contributed by atoms with van der Waals surface area (Å²) >= 11 is 0. The molecule has 0 aliphatic heterocycles. The molecule has 0 unspecified atom stereocenters. The van der Waals surface area contributed by atoms with Gasteiger partial charge in [-0.05, 0) is 30.2 Å². The molecular formula is C16H17N3O2. The summed E-state index contributed by atoms with van der Waals surface area (Å²) in [5.74, 6) is 1.43. The molecule has 21 heavy (non-hydrogen) atoms. The highest BCUT2D eigenvalue weighted by atomic mass is 16.5. The van der Waals surface area contributed by atoms with E-state index >= 15 is 0 Å². The van der Waals surface area contributed by atoms with Crippen molar-refractivity contribution in [1.29, 1.82) is 5.26 Å². The minimum Gasteiger partial charge on any atom is -0.493 e. The number of aromatic nitrogens is 1. The zero-order chi connectivity index (χ0) is 15.1. The Bertz CT molecular complexity index is 650. The average molecular weight is 283 g/mol. The zero-order valence-corrected chi connectivity index (χ0v) is 12.1. The average Bonchev–Trinajstić information content (AvgIpc) is 2.55.